The first-order chi connectivity index (χ1) is 10.5. The molecule has 0 unspecified atom stereocenters. The average Bonchev–Trinajstić information content (AvgIpc) is 2.88. The van der Waals surface area contributed by atoms with Crippen LogP contribution in [-0.2, 0) is 11.3 Å². The Morgan fingerprint density at radius 1 is 1.36 bits per heavy atom. The maximum Gasteiger partial charge on any atom is 0.437 e. The molecule has 22 heavy (non-hydrogen) atoms. The number of hydrogen-bond donors (Lipinski definition) is 0. The van der Waals surface area contributed by atoms with Gasteiger partial charge in [0, 0.05) is 18.7 Å². The van der Waals surface area contributed by atoms with Crippen LogP contribution in [0.5, 0.6) is 0 Å². The Balaban J connectivity index is 2.12. The zero-order chi connectivity index (χ0) is 16.1. The molecule has 1 aromatic carbocycles. The lowest BCUT2D eigenvalue weighted by molar-refractivity contribution is -0.132. The van der Waals surface area contributed by atoms with Gasteiger partial charge in [0.05, 0.1) is 0 Å². The summed E-state index contributed by atoms with van der Waals surface area (Å²) in [6, 6.07) is 9.26. The Bertz CT molecular complexity index is 675. The van der Waals surface area contributed by atoms with E-state index < -0.39 is 5.76 Å². The van der Waals surface area contributed by atoms with Crippen molar-refractivity contribution < 1.29 is 9.21 Å². The van der Waals surface area contributed by atoms with E-state index in [1.54, 1.807) is 24.1 Å². The molecule has 0 bridgehead atoms. The Labute approximate surface area is 129 Å². The highest BCUT2D eigenvalue weighted by molar-refractivity contribution is 5.75. The minimum atomic E-state index is -0.622. The molecule has 0 aliphatic heterocycles. The molecule has 0 aliphatic carbocycles. The third-order valence-corrected chi connectivity index (χ3v) is 3.67. The summed E-state index contributed by atoms with van der Waals surface area (Å²) in [5, 5.41) is 4.10. The number of rotatable bonds is 6. The third-order valence-electron chi connectivity index (χ3n) is 3.67. The van der Waals surface area contributed by atoms with Gasteiger partial charge in [-0.15, -0.1) is 5.10 Å². The molecule has 6 nitrogen and oxygen atoms in total. The monoisotopic (exact) mass is 303 g/mol. The van der Waals surface area contributed by atoms with E-state index in [9.17, 15) is 9.59 Å². The molecule has 1 heterocycles. The van der Waals surface area contributed by atoms with Gasteiger partial charge < -0.3 is 9.32 Å². The van der Waals surface area contributed by atoms with E-state index >= 15 is 0 Å². The number of nitrogens with zero attached hydrogens (tertiary/aromatic N) is 3. The Hall–Kier alpha value is -2.37. The van der Waals surface area contributed by atoms with Crippen molar-refractivity contribution in [3.05, 3.63) is 40.9 Å². The topological polar surface area (TPSA) is 68.3 Å². The number of benzene rings is 1. The molecule has 1 aromatic heterocycles. The van der Waals surface area contributed by atoms with Crippen LogP contribution in [0, 0.1) is 0 Å². The molecule has 1 amide bonds. The number of amides is 1. The van der Waals surface area contributed by atoms with Crippen molar-refractivity contribution in [3.8, 4) is 11.5 Å². The first-order valence-electron chi connectivity index (χ1n) is 7.42. The fourth-order valence-electron chi connectivity index (χ4n) is 2.20. The molecule has 0 saturated heterocycles. The van der Waals surface area contributed by atoms with E-state index in [1.807, 2.05) is 25.1 Å². The van der Waals surface area contributed by atoms with Gasteiger partial charge in [-0.1, -0.05) is 31.5 Å². The molecule has 0 aliphatic rings. The highest BCUT2D eigenvalue weighted by atomic mass is 16.4. The molecule has 0 radical (unpaired) electrons. The van der Waals surface area contributed by atoms with Crippen molar-refractivity contribution >= 4 is 5.91 Å². The van der Waals surface area contributed by atoms with Crippen molar-refractivity contribution in [2.24, 2.45) is 0 Å². The van der Waals surface area contributed by atoms with E-state index in [-0.39, 0.29) is 24.4 Å². The number of aromatic nitrogens is 2. The summed E-state index contributed by atoms with van der Waals surface area (Å²) in [5.74, 6) is -0.553. The molecule has 0 spiro atoms. The molecule has 118 valence electrons. The molecule has 6 heteroatoms. The summed E-state index contributed by atoms with van der Waals surface area (Å²) in [7, 11) is 1.74. The van der Waals surface area contributed by atoms with Gasteiger partial charge in [-0.25, -0.2) is 4.79 Å². The second kappa shape index (κ2) is 7.06. The number of likely N-dealkylation sites (N-methyl/N-ethyl adjacent to an activating group) is 1. The normalized spacial score (nSPS) is 12.1. The summed E-state index contributed by atoms with van der Waals surface area (Å²) in [6.45, 7) is 3.95. The summed E-state index contributed by atoms with van der Waals surface area (Å²) in [5.41, 5.74) is 0.707. The molecule has 0 fully saturated rings. The predicted octanol–water partition coefficient (Wildman–Crippen LogP) is 2.15. The molecular formula is C16H21N3O3. The zero-order valence-electron chi connectivity index (χ0n) is 13.2. The second-order valence-electron chi connectivity index (χ2n) is 5.34. The van der Waals surface area contributed by atoms with Crippen LogP contribution in [0.4, 0.5) is 0 Å². The van der Waals surface area contributed by atoms with Crippen molar-refractivity contribution in [1.82, 2.24) is 14.7 Å². The first-order valence-corrected chi connectivity index (χ1v) is 7.42. The molecule has 2 aromatic rings. The lowest BCUT2D eigenvalue weighted by Gasteiger charge is -2.24. The minimum Gasteiger partial charge on any atom is -0.388 e. The van der Waals surface area contributed by atoms with Crippen LogP contribution < -0.4 is 5.76 Å². The van der Waals surface area contributed by atoms with Crippen molar-refractivity contribution in [2.75, 3.05) is 7.05 Å². The Morgan fingerprint density at radius 2 is 2.05 bits per heavy atom. The number of hydrogen-bond acceptors (Lipinski definition) is 4. The van der Waals surface area contributed by atoms with Gasteiger partial charge in [-0.2, -0.15) is 4.68 Å². The van der Waals surface area contributed by atoms with Gasteiger partial charge in [0.2, 0.25) is 11.8 Å². The lowest BCUT2D eigenvalue weighted by atomic mass is 10.2. The van der Waals surface area contributed by atoms with E-state index in [0.29, 0.717) is 5.56 Å². The van der Waals surface area contributed by atoms with E-state index in [1.165, 1.54) is 0 Å². The van der Waals surface area contributed by atoms with Crippen LogP contribution in [0.2, 0.25) is 0 Å². The minimum absolute atomic E-state index is 0.111. The van der Waals surface area contributed by atoms with E-state index in [2.05, 4.69) is 12.0 Å². The van der Waals surface area contributed by atoms with E-state index in [4.69, 9.17) is 4.42 Å². The fraction of sp³-hybridized carbons (Fsp3) is 0.438. The maximum atomic E-state index is 12.2. The highest BCUT2D eigenvalue weighted by Gasteiger charge is 2.18. The van der Waals surface area contributed by atoms with Gasteiger partial charge in [-0.3, -0.25) is 4.79 Å². The van der Waals surface area contributed by atoms with Gasteiger partial charge in [-0.05, 0) is 25.5 Å². The molecule has 2 rings (SSSR count). The Kier molecular flexibility index (Phi) is 5.14. The standard InChI is InChI=1S/C16H21N3O3/c1-4-8-12(2)18(3)14(20)11-19-16(21)22-15(17-19)13-9-6-5-7-10-13/h5-7,9-10,12H,4,8,11H2,1-3H3/t12-/m0/s1. The van der Waals surface area contributed by atoms with Gasteiger partial charge in [0.25, 0.3) is 0 Å². The van der Waals surface area contributed by atoms with Gasteiger partial charge in [0.15, 0.2) is 0 Å². The van der Waals surface area contributed by atoms with E-state index in [0.717, 1.165) is 17.5 Å². The summed E-state index contributed by atoms with van der Waals surface area (Å²) < 4.78 is 6.18. The van der Waals surface area contributed by atoms with Gasteiger partial charge in [0.1, 0.15) is 6.54 Å². The van der Waals surface area contributed by atoms with Crippen LogP contribution in [-0.4, -0.2) is 33.7 Å². The lowest BCUT2D eigenvalue weighted by Crippen LogP contribution is -2.38. The molecule has 0 N–H and O–H groups in total. The fourth-order valence-corrected chi connectivity index (χ4v) is 2.20. The molecule has 0 saturated carbocycles. The van der Waals surface area contributed by atoms with Crippen molar-refractivity contribution in [3.63, 3.8) is 0 Å². The smallest absolute Gasteiger partial charge is 0.388 e. The molecule has 1 atom stereocenters. The SMILES string of the molecule is CCC[C@H](C)N(C)C(=O)Cn1nc(-c2ccccc2)oc1=O. The quantitative estimate of drug-likeness (QED) is 0.820. The number of carbonyl (C=O) groups excluding carboxylic acids is 1. The predicted molar refractivity (Wildman–Crippen MR) is 83.3 cm³/mol. The zero-order valence-corrected chi connectivity index (χ0v) is 13.2. The maximum absolute atomic E-state index is 12.2. The summed E-state index contributed by atoms with van der Waals surface area (Å²) >= 11 is 0. The van der Waals surface area contributed by atoms with Crippen molar-refractivity contribution in [1.29, 1.82) is 0 Å². The average molecular weight is 303 g/mol. The molecular weight excluding hydrogens is 282 g/mol. The second-order valence-corrected chi connectivity index (χ2v) is 5.34. The van der Waals surface area contributed by atoms with Gasteiger partial charge >= 0.3 is 5.76 Å². The Morgan fingerprint density at radius 3 is 2.68 bits per heavy atom. The summed E-state index contributed by atoms with van der Waals surface area (Å²) in [4.78, 5) is 25.7. The van der Waals surface area contributed by atoms with Crippen LogP contribution in [0.25, 0.3) is 11.5 Å². The van der Waals surface area contributed by atoms with Crippen molar-refractivity contribution in [2.45, 2.75) is 39.3 Å². The number of carbonyl (C=O) groups is 1. The van der Waals surface area contributed by atoms with Crippen LogP contribution in [0.15, 0.2) is 39.5 Å². The summed E-state index contributed by atoms with van der Waals surface area (Å²) in [6.07, 6.45) is 1.92. The third kappa shape index (κ3) is 3.63. The first kappa shape index (κ1) is 16.0. The largest absolute Gasteiger partial charge is 0.437 e. The van der Waals surface area contributed by atoms with Crippen LogP contribution in [0.1, 0.15) is 26.7 Å². The van der Waals surface area contributed by atoms with Crippen LogP contribution >= 0.6 is 0 Å². The highest BCUT2D eigenvalue weighted by Crippen LogP contribution is 2.14. The van der Waals surface area contributed by atoms with Crippen LogP contribution in [0.3, 0.4) is 0 Å².